The molecule has 152 valence electrons. The van der Waals surface area contributed by atoms with Gasteiger partial charge >= 0.3 is 0 Å². The molecule has 2 aliphatic heterocycles. The molecule has 0 bridgehead atoms. The number of nitrogens with one attached hydrogen (secondary N) is 1. The Labute approximate surface area is 169 Å². The topological polar surface area (TPSA) is 75.5 Å². The molecule has 0 spiro atoms. The number of ether oxygens (including phenoxy) is 1. The van der Waals surface area contributed by atoms with Crippen molar-refractivity contribution >= 4 is 5.52 Å². The SMILES string of the molecule is C[C@H]1CN(Cc2ccccc2)C[C@@H]1c1nn2c(C3CCOCC3)ncc2c(=O)[nH]1. The fraction of sp³-hybridized carbons (Fsp3) is 0.500. The van der Waals surface area contributed by atoms with Gasteiger partial charge in [0, 0.05) is 44.7 Å². The van der Waals surface area contributed by atoms with Crippen molar-refractivity contribution in [2.75, 3.05) is 26.3 Å². The first-order valence-corrected chi connectivity index (χ1v) is 10.5. The maximum absolute atomic E-state index is 12.7. The summed E-state index contributed by atoms with van der Waals surface area (Å²) in [6.45, 7) is 6.54. The summed E-state index contributed by atoms with van der Waals surface area (Å²) in [6.07, 6.45) is 3.50. The van der Waals surface area contributed by atoms with Gasteiger partial charge in [0.25, 0.3) is 5.56 Å². The molecule has 7 nitrogen and oxygen atoms in total. The second-order valence-electron chi connectivity index (χ2n) is 8.40. The molecule has 2 atom stereocenters. The van der Waals surface area contributed by atoms with E-state index < -0.39 is 0 Å². The first kappa shape index (κ1) is 18.5. The fourth-order valence-corrected chi connectivity index (χ4v) is 4.73. The van der Waals surface area contributed by atoms with Gasteiger partial charge in [0.1, 0.15) is 11.6 Å². The Morgan fingerprint density at radius 2 is 1.97 bits per heavy atom. The van der Waals surface area contributed by atoms with E-state index in [-0.39, 0.29) is 11.5 Å². The third-order valence-electron chi connectivity index (χ3n) is 6.32. The molecule has 2 saturated heterocycles. The van der Waals surface area contributed by atoms with E-state index in [0.29, 0.717) is 17.4 Å². The van der Waals surface area contributed by atoms with Crippen molar-refractivity contribution in [1.82, 2.24) is 24.5 Å². The van der Waals surface area contributed by atoms with Crippen molar-refractivity contribution in [3.05, 3.63) is 64.1 Å². The van der Waals surface area contributed by atoms with E-state index in [1.807, 2.05) is 6.07 Å². The molecule has 0 aliphatic carbocycles. The zero-order chi connectivity index (χ0) is 19.8. The molecule has 2 aliphatic rings. The number of H-pyrrole nitrogens is 1. The molecular formula is C22H27N5O2. The summed E-state index contributed by atoms with van der Waals surface area (Å²) in [4.78, 5) is 22.8. The summed E-state index contributed by atoms with van der Waals surface area (Å²) in [6, 6.07) is 10.5. The molecule has 29 heavy (non-hydrogen) atoms. The Morgan fingerprint density at radius 1 is 1.17 bits per heavy atom. The molecule has 0 amide bonds. The molecule has 1 aromatic carbocycles. The average molecular weight is 393 g/mol. The number of hydrogen-bond acceptors (Lipinski definition) is 5. The van der Waals surface area contributed by atoms with Crippen molar-refractivity contribution in [3.63, 3.8) is 0 Å². The number of likely N-dealkylation sites (tertiary alicyclic amines) is 1. The monoisotopic (exact) mass is 393 g/mol. The Bertz CT molecular complexity index is 1040. The predicted molar refractivity (Wildman–Crippen MR) is 110 cm³/mol. The van der Waals surface area contributed by atoms with Gasteiger partial charge < -0.3 is 9.72 Å². The number of benzene rings is 1. The molecule has 3 aromatic rings. The highest BCUT2D eigenvalue weighted by Gasteiger charge is 2.33. The van der Waals surface area contributed by atoms with Gasteiger partial charge in [-0.1, -0.05) is 37.3 Å². The summed E-state index contributed by atoms with van der Waals surface area (Å²) >= 11 is 0. The average Bonchev–Trinajstić information content (AvgIpc) is 3.33. The number of aromatic nitrogens is 4. The number of nitrogens with zero attached hydrogens (tertiary/aromatic N) is 4. The summed E-state index contributed by atoms with van der Waals surface area (Å²) in [5.41, 5.74) is 1.74. The van der Waals surface area contributed by atoms with E-state index in [9.17, 15) is 4.79 Å². The lowest BCUT2D eigenvalue weighted by Gasteiger charge is -2.21. The van der Waals surface area contributed by atoms with E-state index >= 15 is 0 Å². The van der Waals surface area contributed by atoms with Crippen LogP contribution in [0, 0.1) is 5.92 Å². The van der Waals surface area contributed by atoms with Crippen LogP contribution in [0.3, 0.4) is 0 Å². The Morgan fingerprint density at radius 3 is 2.76 bits per heavy atom. The standard InChI is InChI=1S/C22H27N5O2/c1-15-12-26(13-16-5-3-2-4-6-16)14-18(15)20-24-22(28)19-11-23-21(27(19)25-20)17-7-9-29-10-8-17/h2-6,11,15,17-18H,7-10,12-14H2,1H3,(H,24,25,28)/t15-,18-/m0/s1. The molecule has 2 fully saturated rings. The molecule has 4 heterocycles. The smallest absolute Gasteiger partial charge is 0.276 e. The van der Waals surface area contributed by atoms with Crippen LogP contribution < -0.4 is 5.56 Å². The number of rotatable bonds is 4. The van der Waals surface area contributed by atoms with Gasteiger partial charge in [0.15, 0.2) is 5.52 Å². The maximum atomic E-state index is 12.7. The second kappa shape index (κ2) is 7.72. The number of aromatic amines is 1. The number of hydrogen-bond donors (Lipinski definition) is 1. The van der Waals surface area contributed by atoms with Crippen LogP contribution in [0.1, 0.15) is 48.8 Å². The Balaban J connectivity index is 1.43. The van der Waals surface area contributed by atoms with Gasteiger partial charge in [0.05, 0.1) is 6.20 Å². The predicted octanol–water partition coefficient (Wildman–Crippen LogP) is 2.55. The summed E-state index contributed by atoms with van der Waals surface area (Å²) in [5, 5.41) is 4.88. The zero-order valence-electron chi connectivity index (χ0n) is 16.8. The van der Waals surface area contributed by atoms with Crippen LogP contribution >= 0.6 is 0 Å². The Hall–Kier alpha value is -2.51. The third kappa shape index (κ3) is 3.60. The number of fused-ring (bicyclic) bond motifs is 1. The minimum atomic E-state index is -0.102. The highest BCUT2D eigenvalue weighted by atomic mass is 16.5. The molecule has 1 N–H and O–H groups in total. The van der Waals surface area contributed by atoms with E-state index in [4.69, 9.17) is 9.84 Å². The lowest BCUT2D eigenvalue weighted by atomic mass is 9.97. The molecular weight excluding hydrogens is 366 g/mol. The largest absolute Gasteiger partial charge is 0.381 e. The van der Waals surface area contributed by atoms with Gasteiger partial charge in [-0.2, -0.15) is 5.10 Å². The molecule has 0 radical (unpaired) electrons. The first-order valence-electron chi connectivity index (χ1n) is 10.5. The molecule has 7 heteroatoms. The van der Waals surface area contributed by atoms with E-state index in [1.54, 1.807) is 10.7 Å². The van der Waals surface area contributed by atoms with E-state index in [2.05, 4.69) is 46.1 Å². The van der Waals surface area contributed by atoms with Crippen molar-refractivity contribution < 1.29 is 4.74 Å². The molecule has 0 unspecified atom stereocenters. The van der Waals surface area contributed by atoms with Gasteiger partial charge in [-0.25, -0.2) is 9.50 Å². The van der Waals surface area contributed by atoms with Crippen molar-refractivity contribution in [2.45, 2.75) is 38.1 Å². The summed E-state index contributed by atoms with van der Waals surface area (Å²) < 4.78 is 7.27. The van der Waals surface area contributed by atoms with E-state index in [1.165, 1.54) is 5.56 Å². The zero-order valence-corrected chi connectivity index (χ0v) is 16.8. The van der Waals surface area contributed by atoms with Crippen molar-refractivity contribution in [1.29, 1.82) is 0 Å². The van der Waals surface area contributed by atoms with Crippen LogP contribution in [0.15, 0.2) is 41.3 Å². The maximum Gasteiger partial charge on any atom is 0.276 e. The highest BCUT2D eigenvalue weighted by molar-refractivity contribution is 5.42. The highest BCUT2D eigenvalue weighted by Crippen LogP contribution is 2.31. The lowest BCUT2D eigenvalue weighted by Crippen LogP contribution is -2.24. The van der Waals surface area contributed by atoms with Gasteiger partial charge in [0.2, 0.25) is 0 Å². The van der Waals surface area contributed by atoms with E-state index in [0.717, 1.165) is 57.3 Å². The van der Waals surface area contributed by atoms with Crippen LogP contribution in [0.25, 0.3) is 5.52 Å². The quantitative estimate of drug-likeness (QED) is 0.737. The van der Waals surface area contributed by atoms with Crippen LogP contribution in [0.2, 0.25) is 0 Å². The number of imidazole rings is 1. The molecule has 2 aromatic heterocycles. The minimum absolute atomic E-state index is 0.102. The lowest BCUT2D eigenvalue weighted by molar-refractivity contribution is 0.0832. The van der Waals surface area contributed by atoms with Crippen LogP contribution in [-0.2, 0) is 11.3 Å². The third-order valence-corrected chi connectivity index (χ3v) is 6.32. The summed E-state index contributed by atoms with van der Waals surface area (Å²) in [7, 11) is 0. The first-order chi connectivity index (χ1) is 14.2. The van der Waals surface area contributed by atoms with Gasteiger partial charge in [-0.3, -0.25) is 9.69 Å². The van der Waals surface area contributed by atoms with Gasteiger partial charge in [-0.05, 0) is 24.3 Å². The minimum Gasteiger partial charge on any atom is -0.381 e. The summed E-state index contributed by atoms with van der Waals surface area (Å²) in [5.74, 6) is 2.60. The van der Waals surface area contributed by atoms with Crippen LogP contribution in [-0.4, -0.2) is 50.8 Å². The van der Waals surface area contributed by atoms with Gasteiger partial charge in [-0.15, -0.1) is 0 Å². The van der Waals surface area contributed by atoms with Crippen LogP contribution in [0.5, 0.6) is 0 Å². The van der Waals surface area contributed by atoms with Crippen LogP contribution in [0.4, 0.5) is 0 Å². The van der Waals surface area contributed by atoms with Crippen molar-refractivity contribution in [2.24, 2.45) is 5.92 Å². The second-order valence-corrected chi connectivity index (χ2v) is 8.40. The normalized spacial score (nSPS) is 23.8. The fourth-order valence-electron chi connectivity index (χ4n) is 4.73. The van der Waals surface area contributed by atoms with Crippen molar-refractivity contribution in [3.8, 4) is 0 Å². The molecule has 0 saturated carbocycles. The molecule has 5 rings (SSSR count). The Kier molecular flexibility index (Phi) is 4.93.